The smallest absolute Gasteiger partial charge is 0.343 e. The number of anilines is 1. The van der Waals surface area contributed by atoms with Crippen molar-refractivity contribution in [1.29, 1.82) is 0 Å². The van der Waals surface area contributed by atoms with Gasteiger partial charge in [0.05, 0.1) is 6.54 Å². The van der Waals surface area contributed by atoms with Crippen molar-refractivity contribution in [1.82, 2.24) is 4.90 Å². The summed E-state index contributed by atoms with van der Waals surface area (Å²) in [4.78, 5) is 35.8. The monoisotopic (exact) mass is 350 g/mol. The Hall–Kier alpha value is -2.64. The van der Waals surface area contributed by atoms with Crippen LogP contribution in [-0.4, -0.2) is 53.2 Å². The summed E-state index contributed by atoms with van der Waals surface area (Å²) in [6, 6.07) is 6.66. The van der Waals surface area contributed by atoms with Gasteiger partial charge < -0.3 is 20.1 Å². The second-order valence-electron chi connectivity index (χ2n) is 6.42. The number of carboxylic acid groups (broad SMARTS) is 1. The van der Waals surface area contributed by atoms with E-state index in [2.05, 4.69) is 5.32 Å². The average Bonchev–Trinajstić information content (AvgIpc) is 3.35. The van der Waals surface area contributed by atoms with Crippen molar-refractivity contribution in [2.75, 3.05) is 25.0 Å². The van der Waals surface area contributed by atoms with Crippen molar-refractivity contribution in [2.24, 2.45) is 5.92 Å². The number of hydrogen-bond acceptors (Lipinski definition) is 4. The van der Waals surface area contributed by atoms with Crippen LogP contribution in [0, 0.1) is 5.92 Å². The molecule has 1 aromatic carbocycles. The first-order valence-corrected chi connectivity index (χ1v) is 8.11. The van der Waals surface area contributed by atoms with Crippen LogP contribution in [0.4, 0.5) is 10.1 Å². The third kappa shape index (κ3) is 4.07. The van der Waals surface area contributed by atoms with E-state index in [1.165, 1.54) is 0 Å². The third-order valence-corrected chi connectivity index (χ3v) is 4.37. The van der Waals surface area contributed by atoms with Crippen LogP contribution in [0.15, 0.2) is 24.3 Å². The van der Waals surface area contributed by atoms with Crippen molar-refractivity contribution in [2.45, 2.75) is 24.9 Å². The Balaban J connectivity index is 1.52. The van der Waals surface area contributed by atoms with Gasteiger partial charge in [-0.05, 0) is 25.0 Å². The Morgan fingerprint density at radius 2 is 2.12 bits per heavy atom. The molecule has 0 spiro atoms. The second kappa shape index (κ2) is 6.70. The topological polar surface area (TPSA) is 95.9 Å². The maximum atomic E-state index is 14.0. The van der Waals surface area contributed by atoms with Gasteiger partial charge in [0.15, 0.2) is 6.61 Å². The normalized spacial score (nSPS) is 22.5. The Kier molecular flexibility index (Phi) is 4.61. The summed E-state index contributed by atoms with van der Waals surface area (Å²) < 4.78 is 19.4. The molecule has 0 radical (unpaired) electrons. The number of hydrogen-bond donors (Lipinski definition) is 2. The van der Waals surface area contributed by atoms with Gasteiger partial charge in [0.25, 0.3) is 5.91 Å². The number of ether oxygens (including phenoxy) is 1. The Morgan fingerprint density at radius 3 is 2.76 bits per heavy atom. The number of likely N-dealkylation sites (tertiary alicyclic amines) is 1. The molecule has 1 saturated heterocycles. The maximum absolute atomic E-state index is 14.0. The summed E-state index contributed by atoms with van der Waals surface area (Å²) in [5.74, 6) is -1.59. The number of nitrogens with zero attached hydrogens (tertiary/aromatic N) is 1. The number of carbonyl (C=O) groups is 3. The van der Waals surface area contributed by atoms with E-state index in [1.807, 2.05) is 0 Å². The zero-order valence-electron chi connectivity index (χ0n) is 13.5. The molecule has 1 heterocycles. The fraction of sp³-hybridized carbons (Fsp3) is 0.471. The number of rotatable bonds is 6. The van der Waals surface area contributed by atoms with E-state index in [0.29, 0.717) is 11.4 Å². The van der Waals surface area contributed by atoms with Crippen LogP contribution in [0.3, 0.4) is 0 Å². The van der Waals surface area contributed by atoms with Crippen LogP contribution in [0.1, 0.15) is 19.3 Å². The summed E-state index contributed by atoms with van der Waals surface area (Å²) in [5, 5.41) is 11.6. The number of benzene rings is 1. The lowest BCUT2D eigenvalue weighted by Crippen LogP contribution is -2.40. The standard InChI is InChI=1S/C17H19FN2O5/c18-17(16(23)24)6-7-20(10-17)14(21)9-25-13-3-1-2-12(8-13)19-15(22)11-4-5-11/h1-3,8,11H,4-7,9-10H2,(H,19,22)(H,23,24). The van der Waals surface area contributed by atoms with Gasteiger partial charge in [-0.2, -0.15) is 0 Å². The predicted octanol–water partition coefficient (Wildman–Crippen LogP) is 1.44. The van der Waals surface area contributed by atoms with Crippen LogP contribution in [-0.2, 0) is 14.4 Å². The molecule has 1 saturated carbocycles. The van der Waals surface area contributed by atoms with Gasteiger partial charge in [-0.15, -0.1) is 0 Å². The van der Waals surface area contributed by atoms with Crippen LogP contribution >= 0.6 is 0 Å². The zero-order valence-corrected chi connectivity index (χ0v) is 13.5. The van der Waals surface area contributed by atoms with Crippen LogP contribution < -0.4 is 10.1 Å². The molecule has 3 rings (SSSR count). The molecule has 2 fully saturated rings. The number of carboxylic acids is 1. The van der Waals surface area contributed by atoms with Crippen molar-refractivity contribution in [3.05, 3.63) is 24.3 Å². The van der Waals surface area contributed by atoms with E-state index in [9.17, 15) is 18.8 Å². The summed E-state index contributed by atoms with van der Waals surface area (Å²) >= 11 is 0. The molecule has 0 bridgehead atoms. The van der Waals surface area contributed by atoms with E-state index in [1.54, 1.807) is 24.3 Å². The molecular formula is C17H19FN2O5. The lowest BCUT2D eigenvalue weighted by Gasteiger charge is -2.18. The SMILES string of the molecule is O=C(Nc1cccc(OCC(=O)N2CCC(F)(C(=O)O)C2)c1)C1CC1. The molecule has 2 aliphatic rings. The predicted molar refractivity (Wildman–Crippen MR) is 86.0 cm³/mol. The Morgan fingerprint density at radius 1 is 1.36 bits per heavy atom. The van der Waals surface area contributed by atoms with Gasteiger partial charge in [-0.1, -0.05) is 6.07 Å². The number of nitrogens with one attached hydrogen (secondary N) is 1. The van der Waals surface area contributed by atoms with Crippen LogP contribution in [0.25, 0.3) is 0 Å². The summed E-state index contributed by atoms with van der Waals surface area (Å²) in [6.45, 7) is -0.750. The first-order valence-electron chi connectivity index (χ1n) is 8.11. The molecule has 1 atom stereocenters. The highest BCUT2D eigenvalue weighted by molar-refractivity contribution is 5.94. The van der Waals surface area contributed by atoms with E-state index < -0.39 is 24.1 Å². The van der Waals surface area contributed by atoms with Gasteiger partial charge in [-0.3, -0.25) is 9.59 Å². The highest BCUT2D eigenvalue weighted by Crippen LogP contribution is 2.30. The Labute approximate surface area is 143 Å². The number of amides is 2. The van der Waals surface area contributed by atoms with Crippen molar-refractivity contribution < 1.29 is 28.6 Å². The van der Waals surface area contributed by atoms with Gasteiger partial charge in [0.2, 0.25) is 11.6 Å². The molecule has 1 aromatic rings. The molecular weight excluding hydrogens is 331 g/mol. The van der Waals surface area contributed by atoms with Crippen molar-refractivity contribution >= 4 is 23.5 Å². The lowest BCUT2D eigenvalue weighted by molar-refractivity contribution is -0.150. The molecule has 2 N–H and O–H groups in total. The zero-order chi connectivity index (χ0) is 18.0. The second-order valence-corrected chi connectivity index (χ2v) is 6.42. The van der Waals surface area contributed by atoms with E-state index in [0.717, 1.165) is 17.7 Å². The van der Waals surface area contributed by atoms with Gasteiger partial charge in [0.1, 0.15) is 5.75 Å². The average molecular weight is 350 g/mol. The van der Waals surface area contributed by atoms with Crippen molar-refractivity contribution in [3.63, 3.8) is 0 Å². The third-order valence-electron chi connectivity index (χ3n) is 4.37. The highest BCUT2D eigenvalue weighted by atomic mass is 19.1. The molecule has 1 aliphatic heterocycles. The molecule has 2 amide bonds. The van der Waals surface area contributed by atoms with Gasteiger partial charge in [0, 0.05) is 30.6 Å². The van der Waals surface area contributed by atoms with Crippen LogP contribution in [0.5, 0.6) is 5.75 Å². The van der Waals surface area contributed by atoms with E-state index >= 15 is 0 Å². The number of carbonyl (C=O) groups excluding carboxylic acids is 2. The largest absolute Gasteiger partial charge is 0.484 e. The van der Waals surface area contributed by atoms with Gasteiger partial charge in [-0.25, -0.2) is 9.18 Å². The maximum Gasteiger partial charge on any atom is 0.343 e. The van der Waals surface area contributed by atoms with Crippen LogP contribution in [0.2, 0.25) is 0 Å². The quantitative estimate of drug-likeness (QED) is 0.809. The minimum Gasteiger partial charge on any atom is -0.484 e. The lowest BCUT2D eigenvalue weighted by atomic mass is 10.1. The molecule has 0 aromatic heterocycles. The fourth-order valence-electron chi connectivity index (χ4n) is 2.65. The molecule has 134 valence electrons. The molecule has 8 heteroatoms. The summed E-state index contributed by atoms with van der Waals surface area (Å²) in [7, 11) is 0. The summed E-state index contributed by atoms with van der Waals surface area (Å²) in [5.41, 5.74) is -1.81. The minimum absolute atomic E-state index is 0.0294. The number of aliphatic carboxylic acids is 1. The van der Waals surface area contributed by atoms with Crippen molar-refractivity contribution in [3.8, 4) is 5.75 Å². The fourth-order valence-corrected chi connectivity index (χ4v) is 2.65. The molecule has 7 nitrogen and oxygen atoms in total. The first-order chi connectivity index (χ1) is 11.9. The number of alkyl halides is 1. The minimum atomic E-state index is -2.39. The van der Waals surface area contributed by atoms with Gasteiger partial charge >= 0.3 is 5.97 Å². The molecule has 1 unspecified atom stereocenters. The van der Waals surface area contributed by atoms with E-state index in [4.69, 9.17) is 9.84 Å². The molecule has 25 heavy (non-hydrogen) atoms. The first kappa shape index (κ1) is 17.2. The Bertz CT molecular complexity index is 706. The summed E-state index contributed by atoms with van der Waals surface area (Å²) in [6.07, 6.45) is 1.58. The van der Waals surface area contributed by atoms with E-state index in [-0.39, 0.29) is 31.4 Å². The highest BCUT2D eigenvalue weighted by Gasteiger charge is 2.46. The molecule has 1 aliphatic carbocycles. The number of halogens is 1.